The van der Waals surface area contributed by atoms with E-state index in [2.05, 4.69) is 5.32 Å². The highest BCUT2D eigenvalue weighted by Gasteiger charge is 2.32. The third kappa shape index (κ3) is 4.82. The fourth-order valence-corrected chi connectivity index (χ4v) is 4.11. The van der Waals surface area contributed by atoms with Gasteiger partial charge in [0.1, 0.15) is 22.6 Å². The minimum atomic E-state index is -4.13. The molecule has 0 aromatic heterocycles. The van der Waals surface area contributed by atoms with Gasteiger partial charge in [0.05, 0.1) is 12.6 Å². The highest BCUT2D eigenvalue weighted by molar-refractivity contribution is 7.90. The molecule has 1 aliphatic heterocycles. The van der Waals surface area contributed by atoms with E-state index in [1.54, 1.807) is 6.92 Å². The van der Waals surface area contributed by atoms with E-state index in [0.29, 0.717) is 18.4 Å². The number of amides is 2. The molecule has 1 saturated heterocycles. The quantitative estimate of drug-likeness (QED) is 0.743. The van der Waals surface area contributed by atoms with E-state index in [1.165, 1.54) is 4.90 Å². The molecule has 1 heterocycles. The van der Waals surface area contributed by atoms with E-state index in [1.807, 2.05) is 30.3 Å². The van der Waals surface area contributed by atoms with E-state index >= 15 is 0 Å². The second-order valence-corrected chi connectivity index (χ2v) is 9.00. The average Bonchev–Trinajstić information content (AvgIpc) is 2.65. The molecule has 0 bridgehead atoms. The molecule has 7 nitrogen and oxygen atoms in total. The Hall–Kier alpha value is -2.85. The van der Waals surface area contributed by atoms with Crippen LogP contribution < -0.4 is 5.32 Å². The maximum Gasteiger partial charge on any atom is 0.313 e. The molecule has 2 atom stereocenters. The first-order chi connectivity index (χ1) is 14.1. The van der Waals surface area contributed by atoms with Crippen LogP contribution in [0.2, 0.25) is 0 Å². The number of anilines is 1. The lowest BCUT2D eigenvalue weighted by Gasteiger charge is -2.36. The van der Waals surface area contributed by atoms with Crippen molar-refractivity contribution in [3.8, 4) is 0 Å². The third-order valence-corrected chi connectivity index (χ3v) is 5.67. The Morgan fingerprint density at radius 3 is 2.27 bits per heavy atom. The van der Waals surface area contributed by atoms with Crippen molar-refractivity contribution in [2.24, 2.45) is 0 Å². The summed E-state index contributed by atoms with van der Waals surface area (Å²) >= 11 is 0. The fraction of sp³-hybridized carbons (Fsp3) is 0.300. The van der Waals surface area contributed by atoms with Crippen molar-refractivity contribution in [3.63, 3.8) is 0 Å². The van der Waals surface area contributed by atoms with Crippen molar-refractivity contribution in [3.05, 3.63) is 59.7 Å². The predicted molar refractivity (Wildman–Crippen MR) is 104 cm³/mol. The lowest BCUT2D eigenvalue weighted by Crippen LogP contribution is -2.49. The second-order valence-electron chi connectivity index (χ2n) is 7.05. The molecule has 0 spiro atoms. The number of carbonyl (C=O) groups excluding carboxylic acids is 2. The van der Waals surface area contributed by atoms with Crippen LogP contribution >= 0.6 is 0 Å². The zero-order chi connectivity index (χ0) is 22.1. The van der Waals surface area contributed by atoms with Crippen LogP contribution in [0.3, 0.4) is 0 Å². The molecule has 0 unspecified atom stereocenters. The number of sulfone groups is 1. The molecular formula is C20H20F2N2O5S. The lowest BCUT2D eigenvalue weighted by atomic mass is 10.1. The molecule has 2 aromatic carbocycles. The number of ether oxygens (including phenoxy) is 1. The van der Waals surface area contributed by atoms with E-state index < -0.39 is 44.3 Å². The van der Waals surface area contributed by atoms with Gasteiger partial charge in [-0.3, -0.25) is 9.59 Å². The van der Waals surface area contributed by atoms with Gasteiger partial charge < -0.3 is 15.0 Å². The normalized spacial score (nSPS) is 19.4. The van der Waals surface area contributed by atoms with Crippen molar-refractivity contribution in [1.29, 1.82) is 0 Å². The maximum absolute atomic E-state index is 14.0. The van der Waals surface area contributed by atoms with Gasteiger partial charge in [-0.15, -0.1) is 0 Å². The summed E-state index contributed by atoms with van der Waals surface area (Å²) in [6, 6.07) is 10.5. The number of hydrogen-bond acceptors (Lipinski definition) is 5. The standard InChI is InChI=1S/C20H20F2N2O5S/c1-12-10-24(11-17(29-12)13-6-4-3-5-7-13)20(26)19(25)23-14-8-15(21)18(16(22)9-14)30(2,27)28/h3-9,12,17H,10-11H2,1-2H3,(H,23,25)/t12-,17-/m0/s1. The van der Waals surface area contributed by atoms with Crippen LogP contribution in [0.1, 0.15) is 18.6 Å². The highest BCUT2D eigenvalue weighted by atomic mass is 32.2. The maximum atomic E-state index is 14.0. The summed E-state index contributed by atoms with van der Waals surface area (Å²) in [6.45, 7) is 2.07. The van der Waals surface area contributed by atoms with Crippen LogP contribution in [0.25, 0.3) is 0 Å². The molecule has 0 radical (unpaired) electrons. The minimum Gasteiger partial charge on any atom is -0.367 e. The van der Waals surface area contributed by atoms with Crippen molar-refractivity contribution in [1.82, 2.24) is 4.90 Å². The first kappa shape index (κ1) is 21.8. The Balaban J connectivity index is 1.75. The zero-order valence-electron chi connectivity index (χ0n) is 16.3. The molecule has 1 fully saturated rings. The first-order valence-electron chi connectivity index (χ1n) is 9.06. The van der Waals surface area contributed by atoms with Gasteiger partial charge in [0.2, 0.25) is 0 Å². The summed E-state index contributed by atoms with van der Waals surface area (Å²) in [6.07, 6.45) is -0.0841. The number of carbonyl (C=O) groups is 2. The number of nitrogens with zero attached hydrogens (tertiary/aromatic N) is 1. The Bertz CT molecular complexity index is 1050. The van der Waals surface area contributed by atoms with Crippen LogP contribution in [0, 0.1) is 11.6 Å². The van der Waals surface area contributed by atoms with Gasteiger partial charge in [0.15, 0.2) is 9.84 Å². The Kier molecular flexibility index (Phi) is 6.18. The molecule has 30 heavy (non-hydrogen) atoms. The van der Waals surface area contributed by atoms with Crippen molar-refractivity contribution in [2.45, 2.75) is 24.0 Å². The van der Waals surface area contributed by atoms with Crippen molar-refractivity contribution in [2.75, 3.05) is 24.7 Å². The molecule has 2 amide bonds. The summed E-state index contributed by atoms with van der Waals surface area (Å²) in [5.41, 5.74) is 0.486. The van der Waals surface area contributed by atoms with E-state index in [9.17, 15) is 26.8 Å². The minimum absolute atomic E-state index is 0.135. The number of morpholine rings is 1. The fourth-order valence-electron chi connectivity index (χ4n) is 3.28. The van der Waals surface area contributed by atoms with Crippen molar-refractivity contribution < 1.29 is 31.5 Å². The lowest BCUT2D eigenvalue weighted by molar-refractivity contribution is -0.152. The van der Waals surface area contributed by atoms with Gasteiger partial charge in [-0.05, 0) is 24.6 Å². The number of rotatable bonds is 3. The molecule has 10 heteroatoms. The van der Waals surface area contributed by atoms with Crippen molar-refractivity contribution >= 4 is 27.3 Å². The molecule has 0 aliphatic carbocycles. The van der Waals surface area contributed by atoms with Crippen LogP contribution in [0.4, 0.5) is 14.5 Å². The van der Waals surface area contributed by atoms with Crippen LogP contribution in [-0.4, -0.2) is 50.6 Å². The number of hydrogen-bond donors (Lipinski definition) is 1. The molecule has 2 aromatic rings. The number of halogens is 2. The van der Waals surface area contributed by atoms with Gasteiger partial charge >= 0.3 is 11.8 Å². The van der Waals surface area contributed by atoms with Crippen LogP contribution in [-0.2, 0) is 24.2 Å². The van der Waals surface area contributed by atoms with Gasteiger partial charge in [-0.25, -0.2) is 17.2 Å². The SMILES string of the molecule is C[C@H]1CN(C(=O)C(=O)Nc2cc(F)c(S(C)(=O)=O)c(F)c2)C[C@@H](c2ccccc2)O1. The Morgan fingerprint density at radius 1 is 1.10 bits per heavy atom. The molecule has 160 valence electrons. The average molecular weight is 438 g/mol. The van der Waals surface area contributed by atoms with E-state index in [0.717, 1.165) is 5.56 Å². The van der Waals surface area contributed by atoms with Gasteiger partial charge in [-0.2, -0.15) is 0 Å². The highest BCUT2D eigenvalue weighted by Crippen LogP contribution is 2.26. The second kappa shape index (κ2) is 8.49. The Morgan fingerprint density at radius 2 is 1.70 bits per heavy atom. The van der Waals surface area contributed by atoms with E-state index in [-0.39, 0.29) is 24.9 Å². The third-order valence-electron chi connectivity index (χ3n) is 4.54. The van der Waals surface area contributed by atoms with Crippen LogP contribution in [0.5, 0.6) is 0 Å². The van der Waals surface area contributed by atoms with Gasteiger partial charge in [0, 0.05) is 18.5 Å². The number of benzene rings is 2. The Labute approximate surface area is 172 Å². The summed E-state index contributed by atoms with van der Waals surface area (Å²) in [5.74, 6) is -4.70. The first-order valence-corrected chi connectivity index (χ1v) is 10.9. The summed E-state index contributed by atoms with van der Waals surface area (Å²) < 4.78 is 56.8. The molecule has 1 N–H and O–H groups in total. The predicted octanol–water partition coefficient (Wildman–Crippen LogP) is 2.30. The number of nitrogens with one attached hydrogen (secondary N) is 1. The topological polar surface area (TPSA) is 92.8 Å². The molecule has 3 rings (SSSR count). The largest absolute Gasteiger partial charge is 0.367 e. The van der Waals surface area contributed by atoms with Gasteiger partial charge in [0.25, 0.3) is 0 Å². The zero-order valence-corrected chi connectivity index (χ0v) is 17.1. The summed E-state index contributed by atoms with van der Waals surface area (Å²) in [4.78, 5) is 25.2. The summed E-state index contributed by atoms with van der Waals surface area (Å²) in [7, 11) is -4.13. The van der Waals surface area contributed by atoms with E-state index in [4.69, 9.17) is 4.74 Å². The molecule has 0 saturated carbocycles. The smallest absolute Gasteiger partial charge is 0.313 e. The molecule has 1 aliphatic rings. The summed E-state index contributed by atoms with van der Waals surface area (Å²) in [5, 5.41) is 2.12. The molecular weight excluding hydrogens is 418 g/mol. The monoisotopic (exact) mass is 438 g/mol. The van der Waals surface area contributed by atoms with Gasteiger partial charge in [-0.1, -0.05) is 30.3 Å². The van der Waals surface area contributed by atoms with Crippen LogP contribution in [0.15, 0.2) is 47.4 Å².